The Kier molecular flexibility index (Phi) is 2.72. The van der Waals surface area contributed by atoms with Gasteiger partial charge >= 0.3 is 5.69 Å². The van der Waals surface area contributed by atoms with Crippen LogP contribution in [0.15, 0.2) is 39.9 Å². The quantitative estimate of drug-likeness (QED) is 0.785. The highest BCUT2D eigenvalue weighted by atomic mass is 16.2. The molecule has 0 radical (unpaired) electrons. The number of benzene rings is 1. The summed E-state index contributed by atoms with van der Waals surface area (Å²) in [4.78, 5) is 26.9. The van der Waals surface area contributed by atoms with E-state index in [4.69, 9.17) is 0 Å². The molecule has 0 saturated carbocycles. The van der Waals surface area contributed by atoms with Gasteiger partial charge in [-0.25, -0.2) is 4.79 Å². The van der Waals surface area contributed by atoms with Gasteiger partial charge in [0.25, 0.3) is 5.56 Å². The normalized spacial score (nSPS) is 10.3. The number of nitrogens with one attached hydrogen (secondary N) is 2. The summed E-state index contributed by atoms with van der Waals surface area (Å²) in [6.07, 6.45) is 0.555. The fraction of sp³-hybridized carbons (Fsp3) is 0.167. The average molecular weight is 216 g/mol. The highest BCUT2D eigenvalue weighted by molar-refractivity contribution is 5.24. The standard InChI is InChI=1S/C12H12N2O2/c1-8-2-4-9(5-3-8)6-10-7-11(15)14-12(16)13-10/h2-5,7H,6H2,1H3,(H2,13,14,15,16). The number of rotatable bonds is 2. The number of aromatic amines is 2. The Labute approximate surface area is 92.0 Å². The summed E-state index contributed by atoms with van der Waals surface area (Å²) in [5, 5.41) is 0. The summed E-state index contributed by atoms with van der Waals surface area (Å²) in [5.74, 6) is 0. The summed E-state index contributed by atoms with van der Waals surface area (Å²) in [5.41, 5.74) is 2.04. The van der Waals surface area contributed by atoms with Gasteiger partial charge < -0.3 is 4.98 Å². The van der Waals surface area contributed by atoms with Gasteiger partial charge in [-0.15, -0.1) is 0 Å². The minimum absolute atomic E-state index is 0.370. The van der Waals surface area contributed by atoms with Gasteiger partial charge in [-0.1, -0.05) is 29.8 Å². The maximum Gasteiger partial charge on any atom is 0.325 e. The lowest BCUT2D eigenvalue weighted by Gasteiger charge is -2.01. The lowest BCUT2D eigenvalue weighted by atomic mass is 10.1. The van der Waals surface area contributed by atoms with Crippen LogP contribution in [0.3, 0.4) is 0 Å². The molecule has 0 aliphatic rings. The van der Waals surface area contributed by atoms with Crippen molar-refractivity contribution in [3.63, 3.8) is 0 Å². The Hall–Kier alpha value is -2.10. The molecule has 4 heteroatoms. The van der Waals surface area contributed by atoms with E-state index in [1.54, 1.807) is 0 Å². The fourth-order valence-corrected chi connectivity index (χ4v) is 1.54. The van der Waals surface area contributed by atoms with E-state index in [2.05, 4.69) is 9.97 Å². The third kappa shape index (κ3) is 2.48. The molecule has 0 aliphatic heterocycles. The zero-order valence-corrected chi connectivity index (χ0v) is 8.91. The molecule has 2 rings (SSSR count). The number of aromatic nitrogens is 2. The first-order valence-electron chi connectivity index (χ1n) is 5.01. The Morgan fingerprint density at radius 1 is 1.06 bits per heavy atom. The first-order valence-corrected chi connectivity index (χ1v) is 5.01. The van der Waals surface area contributed by atoms with E-state index in [1.165, 1.54) is 11.6 Å². The molecule has 82 valence electrons. The van der Waals surface area contributed by atoms with E-state index in [-0.39, 0.29) is 5.56 Å². The maximum atomic E-state index is 11.1. The molecule has 0 amide bonds. The predicted molar refractivity (Wildman–Crippen MR) is 61.7 cm³/mol. The van der Waals surface area contributed by atoms with Gasteiger partial charge in [0.2, 0.25) is 0 Å². The van der Waals surface area contributed by atoms with Crippen LogP contribution < -0.4 is 11.2 Å². The highest BCUT2D eigenvalue weighted by Crippen LogP contribution is 2.06. The highest BCUT2D eigenvalue weighted by Gasteiger charge is 1.98. The van der Waals surface area contributed by atoms with Crippen LogP contribution in [0.2, 0.25) is 0 Å². The molecule has 4 nitrogen and oxygen atoms in total. The summed E-state index contributed by atoms with van der Waals surface area (Å²) < 4.78 is 0. The smallest absolute Gasteiger partial charge is 0.311 e. The molecule has 0 spiro atoms. The fourth-order valence-electron chi connectivity index (χ4n) is 1.54. The van der Waals surface area contributed by atoms with Crippen molar-refractivity contribution in [1.29, 1.82) is 0 Å². The maximum absolute atomic E-state index is 11.1. The van der Waals surface area contributed by atoms with Crippen LogP contribution >= 0.6 is 0 Å². The van der Waals surface area contributed by atoms with E-state index >= 15 is 0 Å². The summed E-state index contributed by atoms with van der Waals surface area (Å²) in [6, 6.07) is 9.37. The second-order valence-electron chi connectivity index (χ2n) is 3.78. The lowest BCUT2D eigenvalue weighted by molar-refractivity contribution is 0.953. The molecule has 2 N–H and O–H groups in total. The van der Waals surface area contributed by atoms with Crippen molar-refractivity contribution in [3.8, 4) is 0 Å². The third-order valence-electron chi connectivity index (χ3n) is 2.33. The first kappa shape index (κ1) is 10.4. The molecule has 0 bridgehead atoms. The van der Waals surface area contributed by atoms with Crippen molar-refractivity contribution in [2.75, 3.05) is 0 Å². The summed E-state index contributed by atoms with van der Waals surface area (Å²) in [6.45, 7) is 2.01. The molecule has 1 heterocycles. The Balaban J connectivity index is 2.30. The molecular formula is C12H12N2O2. The van der Waals surface area contributed by atoms with Gasteiger partial charge in [0, 0.05) is 18.2 Å². The topological polar surface area (TPSA) is 65.7 Å². The first-order chi connectivity index (χ1) is 7.63. The van der Waals surface area contributed by atoms with Gasteiger partial charge in [0.15, 0.2) is 0 Å². The van der Waals surface area contributed by atoms with Crippen molar-refractivity contribution in [2.45, 2.75) is 13.3 Å². The van der Waals surface area contributed by atoms with Gasteiger partial charge in [0.1, 0.15) is 0 Å². The van der Waals surface area contributed by atoms with E-state index in [0.29, 0.717) is 12.1 Å². The number of hydrogen-bond donors (Lipinski definition) is 2. The number of H-pyrrole nitrogens is 2. The number of hydrogen-bond acceptors (Lipinski definition) is 2. The molecular weight excluding hydrogens is 204 g/mol. The van der Waals surface area contributed by atoms with E-state index in [1.807, 2.05) is 31.2 Å². The van der Waals surface area contributed by atoms with Crippen molar-refractivity contribution < 1.29 is 0 Å². The zero-order valence-electron chi connectivity index (χ0n) is 8.91. The van der Waals surface area contributed by atoms with Crippen molar-refractivity contribution in [3.05, 3.63) is 68.0 Å². The Morgan fingerprint density at radius 2 is 1.75 bits per heavy atom. The molecule has 1 aromatic heterocycles. The molecule has 2 aromatic rings. The minimum Gasteiger partial charge on any atom is -0.311 e. The lowest BCUT2D eigenvalue weighted by Crippen LogP contribution is -2.23. The Morgan fingerprint density at radius 3 is 2.38 bits per heavy atom. The molecule has 0 saturated heterocycles. The summed E-state index contributed by atoms with van der Waals surface area (Å²) in [7, 11) is 0. The zero-order chi connectivity index (χ0) is 11.5. The van der Waals surface area contributed by atoms with Crippen LogP contribution in [-0.4, -0.2) is 9.97 Å². The second kappa shape index (κ2) is 4.18. The van der Waals surface area contributed by atoms with Crippen molar-refractivity contribution in [2.24, 2.45) is 0 Å². The number of aryl methyl sites for hydroxylation is 1. The van der Waals surface area contributed by atoms with Crippen molar-refractivity contribution in [1.82, 2.24) is 9.97 Å². The van der Waals surface area contributed by atoms with E-state index in [0.717, 1.165) is 5.56 Å². The van der Waals surface area contributed by atoms with Crippen LogP contribution in [-0.2, 0) is 6.42 Å². The Bertz CT molecular complexity index is 565. The summed E-state index contributed by atoms with van der Waals surface area (Å²) >= 11 is 0. The monoisotopic (exact) mass is 216 g/mol. The molecule has 0 fully saturated rings. The molecule has 0 unspecified atom stereocenters. The SMILES string of the molecule is Cc1ccc(Cc2cc(=O)[nH]c(=O)[nH]2)cc1. The van der Waals surface area contributed by atoms with E-state index < -0.39 is 5.69 Å². The molecule has 0 aliphatic carbocycles. The van der Waals surface area contributed by atoms with Crippen LogP contribution in [0.25, 0.3) is 0 Å². The van der Waals surface area contributed by atoms with E-state index in [9.17, 15) is 9.59 Å². The van der Waals surface area contributed by atoms with Crippen LogP contribution in [0, 0.1) is 6.92 Å². The average Bonchev–Trinajstić information content (AvgIpc) is 2.20. The van der Waals surface area contributed by atoms with Crippen LogP contribution in [0.1, 0.15) is 16.8 Å². The van der Waals surface area contributed by atoms with Gasteiger partial charge in [-0.05, 0) is 12.5 Å². The van der Waals surface area contributed by atoms with Crippen LogP contribution in [0.5, 0.6) is 0 Å². The van der Waals surface area contributed by atoms with Crippen molar-refractivity contribution >= 4 is 0 Å². The molecule has 0 atom stereocenters. The minimum atomic E-state index is -0.463. The predicted octanol–water partition coefficient (Wildman–Crippen LogP) is 0.962. The second-order valence-corrected chi connectivity index (χ2v) is 3.78. The van der Waals surface area contributed by atoms with Gasteiger partial charge in [0.05, 0.1) is 0 Å². The largest absolute Gasteiger partial charge is 0.325 e. The van der Waals surface area contributed by atoms with Crippen LogP contribution in [0.4, 0.5) is 0 Å². The van der Waals surface area contributed by atoms with Gasteiger partial charge in [-0.2, -0.15) is 0 Å². The van der Waals surface area contributed by atoms with Gasteiger partial charge in [-0.3, -0.25) is 9.78 Å². The third-order valence-corrected chi connectivity index (χ3v) is 2.33. The molecule has 1 aromatic carbocycles. The molecule has 16 heavy (non-hydrogen) atoms.